The van der Waals surface area contributed by atoms with Crippen molar-refractivity contribution in [2.24, 2.45) is 5.92 Å². The molecule has 2 N–H and O–H groups in total. The molecular weight excluding hydrogens is 314 g/mol. The van der Waals surface area contributed by atoms with Crippen LogP contribution in [0.3, 0.4) is 0 Å². The Balaban J connectivity index is 2.22. The Morgan fingerprint density at radius 1 is 1.52 bits per heavy atom. The number of thiophene rings is 1. The molecule has 0 spiro atoms. The number of hydrogen-bond acceptors (Lipinski definition) is 6. The van der Waals surface area contributed by atoms with Crippen LogP contribution >= 0.6 is 11.3 Å². The molecule has 0 bridgehead atoms. The Bertz CT molecular complexity index is 622. The molecule has 1 unspecified atom stereocenters. The van der Waals surface area contributed by atoms with Crippen molar-refractivity contribution in [2.45, 2.75) is 43.4 Å². The predicted octanol–water partition coefficient (Wildman–Crippen LogP) is 2.56. The van der Waals surface area contributed by atoms with Gasteiger partial charge in [0.05, 0.1) is 4.92 Å². The normalized spacial score (nSPS) is 17.2. The number of rotatable bonds is 7. The van der Waals surface area contributed by atoms with Gasteiger partial charge in [-0.3, -0.25) is 10.1 Å². The second kappa shape index (κ2) is 6.29. The quantitative estimate of drug-likeness (QED) is 0.590. The van der Waals surface area contributed by atoms with E-state index in [0.29, 0.717) is 12.5 Å². The van der Waals surface area contributed by atoms with Gasteiger partial charge in [0.15, 0.2) is 5.00 Å². The largest absolute Gasteiger partial charge is 0.372 e. The first-order chi connectivity index (χ1) is 9.85. The van der Waals surface area contributed by atoms with Gasteiger partial charge in [0.2, 0.25) is 0 Å². The van der Waals surface area contributed by atoms with Crippen molar-refractivity contribution in [3.8, 4) is 0 Å². The second-order valence-electron chi connectivity index (χ2n) is 5.17. The monoisotopic (exact) mass is 333 g/mol. The molecule has 2 rings (SSSR count). The van der Waals surface area contributed by atoms with Crippen LogP contribution < -0.4 is 10.0 Å². The average molecular weight is 333 g/mol. The van der Waals surface area contributed by atoms with Gasteiger partial charge in [0.1, 0.15) is 4.21 Å². The molecule has 1 aliphatic carbocycles. The van der Waals surface area contributed by atoms with E-state index < -0.39 is 14.9 Å². The topological polar surface area (TPSA) is 101 Å². The lowest BCUT2D eigenvalue weighted by atomic mass is 9.81. The van der Waals surface area contributed by atoms with Crippen LogP contribution in [-0.2, 0) is 10.0 Å². The van der Waals surface area contributed by atoms with Crippen molar-refractivity contribution in [3.05, 3.63) is 16.2 Å². The van der Waals surface area contributed by atoms with Crippen molar-refractivity contribution in [2.75, 3.05) is 11.9 Å². The lowest BCUT2D eigenvalue weighted by Crippen LogP contribution is -2.40. The maximum Gasteiger partial charge on any atom is 0.304 e. The van der Waals surface area contributed by atoms with Crippen LogP contribution in [0, 0.1) is 16.0 Å². The van der Waals surface area contributed by atoms with Crippen LogP contribution in [0.5, 0.6) is 0 Å². The Morgan fingerprint density at radius 2 is 2.19 bits per heavy atom. The minimum atomic E-state index is -3.71. The zero-order chi connectivity index (χ0) is 15.6. The highest BCUT2D eigenvalue weighted by Crippen LogP contribution is 2.37. The van der Waals surface area contributed by atoms with Crippen molar-refractivity contribution < 1.29 is 13.3 Å². The molecule has 1 aromatic rings. The zero-order valence-electron chi connectivity index (χ0n) is 12.0. The molecule has 1 heterocycles. The average Bonchev–Trinajstić information content (AvgIpc) is 2.71. The number of anilines is 1. The van der Waals surface area contributed by atoms with E-state index in [-0.39, 0.29) is 20.9 Å². The summed E-state index contributed by atoms with van der Waals surface area (Å²) in [7, 11) is -3.71. The highest BCUT2D eigenvalue weighted by atomic mass is 32.2. The van der Waals surface area contributed by atoms with Gasteiger partial charge in [0.25, 0.3) is 10.0 Å². The molecule has 21 heavy (non-hydrogen) atoms. The first-order valence-corrected chi connectivity index (χ1v) is 9.19. The van der Waals surface area contributed by atoms with E-state index in [9.17, 15) is 18.5 Å². The van der Waals surface area contributed by atoms with Crippen LogP contribution in [0.2, 0.25) is 0 Å². The predicted molar refractivity (Wildman–Crippen MR) is 82.3 cm³/mol. The fourth-order valence-electron chi connectivity index (χ4n) is 2.25. The first kappa shape index (κ1) is 16.2. The van der Waals surface area contributed by atoms with Crippen molar-refractivity contribution in [3.63, 3.8) is 0 Å². The fourth-order valence-corrected chi connectivity index (χ4v) is 4.98. The summed E-state index contributed by atoms with van der Waals surface area (Å²) in [5, 5.41) is 14.1. The van der Waals surface area contributed by atoms with E-state index in [1.165, 1.54) is 0 Å². The lowest BCUT2D eigenvalue weighted by molar-refractivity contribution is -0.383. The van der Waals surface area contributed by atoms with E-state index in [2.05, 4.69) is 10.0 Å². The summed E-state index contributed by atoms with van der Waals surface area (Å²) in [5.41, 5.74) is -0.196. The Labute approximate surface area is 127 Å². The minimum absolute atomic E-state index is 0.0173. The van der Waals surface area contributed by atoms with E-state index in [1.807, 2.05) is 6.92 Å². The summed E-state index contributed by atoms with van der Waals surface area (Å²) in [6.07, 6.45) is 3.18. The van der Waals surface area contributed by atoms with Gasteiger partial charge in [0, 0.05) is 18.7 Å². The molecule has 1 atom stereocenters. The van der Waals surface area contributed by atoms with Crippen LogP contribution in [0.4, 0.5) is 10.7 Å². The first-order valence-electron chi connectivity index (χ1n) is 6.89. The molecule has 0 aliphatic heterocycles. The standard InChI is InChI=1S/C12H19N3O4S2/c1-3-13-12-10(15(16)17)7-11(20-12)21(18,19)14-8(2)9-5-4-6-9/h7-9,13-14H,3-6H2,1-2H3. The number of hydrogen-bond donors (Lipinski definition) is 2. The van der Waals surface area contributed by atoms with Gasteiger partial charge >= 0.3 is 5.69 Å². The van der Waals surface area contributed by atoms with Gasteiger partial charge in [-0.05, 0) is 32.6 Å². The van der Waals surface area contributed by atoms with E-state index >= 15 is 0 Å². The molecule has 1 fully saturated rings. The van der Waals surface area contributed by atoms with Crippen LogP contribution in [0.25, 0.3) is 0 Å². The molecular formula is C12H19N3O4S2. The molecule has 9 heteroatoms. The highest BCUT2D eigenvalue weighted by molar-refractivity contribution is 7.91. The zero-order valence-corrected chi connectivity index (χ0v) is 13.6. The summed E-state index contributed by atoms with van der Waals surface area (Å²) >= 11 is 0.895. The number of nitro groups is 1. The van der Waals surface area contributed by atoms with Crippen LogP contribution in [0.1, 0.15) is 33.1 Å². The molecule has 1 aromatic heterocycles. The van der Waals surface area contributed by atoms with Gasteiger partial charge in [-0.1, -0.05) is 17.8 Å². The van der Waals surface area contributed by atoms with E-state index in [1.54, 1.807) is 6.92 Å². The van der Waals surface area contributed by atoms with Crippen LogP contribution in [0.15, 0.2) is 10.3 Å². The van der Waals surface area contributed by atoms with Crippen LogP contribution in [-0.4, -0.2) is 25.9 Å². The van der Waals surface area contributed by atoms with Crippen molar-refractivity contribution >= 4 is 32.0 Å². The third kappa shape index (κ3) is 3.53. The van der Waals surface area contributed by atoms with Crippen molar-refractivity contribution in [1.82, 2.24) is 4.72 Å². The lowest BCUT2D eigenvalue weighted by Gasteiger charge is -2.31. The number of nitrogens with zero attached hydrogens (tertiary/aromatic N) is 1. The number of nitrogens with one attached hydrogen (secondary N) is 2. The maximum atomic E-state index is 12.3. The SMILES string of the molecule is CCNc1sc(S(=O)(=O)NC(C)C2CCC2)cc1[N+](=O)[O-]. The molecule has 7 nitrogen and oxygen atoms in total. The molecule has 0 radical (unpaired) electrons. The summed E-state index contributed by atoms with van der Waals surface area (Å²) in [5.74, 6) is 0.364. The van der Waals surface area contributed by atoms with Gasteiger partial charge in [-0.2, -0.15) is 0 Å². The molecule has 1 aliphatic rings. The summed E-state index contributed by atoms with van der Waals surface area (Å²) < 4.78 is 27.3. The van der Waals surface area contributed by atoms with Gasteiger partial charge in [-0.25, -0.2) is 13.1 Å². The number of sulfonamides is 1. The summed E-state index contributed by atoms with van der Waals surface area (Å²) in [4.78, 5) is 10.4. The highest BCUT2D eigenvalue weighted by Gasteiger charge is 2.31. The molecule has 0 saturated heterocycles. The summed E-state index contributed by atoms with van der Waals surface area (Å²) in [6.45, 7) is 4.13. The molecule has 0 amide bonds. The Morgan fingerprint density at radius 3 is 2.67 bits per heavy atom. The maximum absolute atomic E-state index is 12.3. The molecule has 0 aromatic carbocycles. The molecule has 118 valence electrons. The Kier molecular flexibility index (Phi) is 4.84. The third-order valence-electron chi connectivity index (χ3n) is 3.69. The second-order valence-corrected chi connectivity index (χ2v) is 8.16. The van der Waals surface area contributed by atoms with Gasteiger partial charge in [-0.15, -0.1) is 0 Å². The molecule has 1 saturated carbocycles. The van der Waals surface area contributed by atoms with Crippen molar-refractivity contribution in [1.29, 1.82) is 0 Å². The third-order valence-corrected chi connectivity index (χ3v) is 6.80. The van der Waals surface area contributed by atoms with Gasteiger partial charge < -0.3 is 5.32 Å². The smallest absolute Gasteiger partial charge is 0.304 e. The van der Waals surface area contributed by atoms with E-state index in [4.69, 9.17) is 0 Å². The summed E-state index contributed by atoms with van der Waals surface area (Å²) in [6, 6.07) is 0.978. The van der Waals surface area contributed by atoms with E-state index in [0.717, 1.165) is 36.7 Å². The Hall–Kier alpha value is -1.19. The fraction of sp³-hybridized carbons (Fsp3) is 0.667. The minimum Gasteiger partial charge on any atom is -0.372 e.